The van der Waals surface area contributed by atoms with Crippen LogP contribution in [0.4, 0.5) is 0 Å². The van der Waals surface area contributed by atoms with Crippen molar-refractivity contribution in [3.8, 4) is 17.2 Å². The van der Waals surface area contributed by atoms with Gasteiger partial charge in [0.2, 0.25) is 0 Å². The molecule has 0 fully saturated rings. The Hall–Kier alpha value is -2.69. The Balaban J connectivity index is 2.11. The van der Waals surface area contributed by atoms with Crippen LogP contribution in [-0.2, 0) is 4.79 Å². The van der Waals surface area contributed by atoms with Gasteiger partial charge in [-0.15, -0.1) is 0 Å². The van der Waals surface area contributed by atoms with Crippen LogP contribution in [0.25, 0.3) is 0 Å². The van der Waals surface area contributed by atoms with Crippen LogP contribution in [0, 0.1) is 13.8 Å². The van der Waals surface area contributed by atoms with Crippen LogP contribution >= 0.6 is 0 Å². The zero-order valence-corrected chi connectivity index (χ0v) is 18.4. The van der Waals surface area contributed by atoms with Crippen LogP contribution in [0.15, 0.2) is 36.4 Å². The number of aryl methyl sites for hydroxylation is 1. The second kappa shape index (κ2) is 10.7. The highest BCUT2D eigenvalue weighted by Crippen LogP contribution is 2.31. The number of hydrogen-bond donors (Lipinski definition) is 1. The molecule has 0 aliphatic heterocycles. The Bertz CT molecular complexity index is 819. The molecule has 2 aromatic carbocycles. The lowest BCUT2D eigenvalue weighted by molar-refractivity contribution is -0.128. The first-order valence-corrected chi connectivity index (χ1v) is 10.3. The summed E-state index contributed by atoms with van der Waals surface area (Å²) in [6, 6.07) is 11.5. The maximum atomic E-state index is 12.8. The van der Waals surface area contributed by atoms with Crippen LogP contribution in [0.3, 0.4) is 0 Å². The fraction of sp³-hybridized carbons (Fsp3) is 0.458. The van der Waals surface area contributed by atoms with Crippen LogP contribution in [0.5, 0.6) is 17.2 Å². The van der Waals surface area contributed by atoms with Crippen LogP contribution < -0.4 is 19.5 Å². The summed E-state index contributed by atoms with van der Waals surface area (Å²) in [4.78, 5) is 12.8. The maximum Gasteiger partial charge on any atom is 0.261 e. The monoisotopic (exact) mass is 399 g/mol. The van der Waals surface area contributed by atoms with E-state index >= 15 is 0 Å². The summed E-state index contributed by atoms with van der Waals surface area (Å²) in [5.74, 6) is 2.01. The van der Waals surface area contributed by atoms with E-state index in [9.17, 15) is 4.79 Å². The molecule has 2 aromatic rings. The average molecular weight is 400 g/mol. The average Bonchev–Trinajstić information content (AvgIpc) is 2.70. The molecule has 29 heavy (non-hydrogen) atoms. The van der Waals surface area contributed by atoms with Gasteiger partial charge in [-0.1, -0.05) is 25.1 Å². The zero-order chi connectivity index (χ0) is 21.4. The standard InChI is InChI=1S/C24H33NO4/c1-7-20(29-21-12-10-11-16(4)17(21)5)24(26)25-18(6)19-13-14-22(27-8-2)23(15-19)28-9-3/h10-15,18,20H,7-9H2,1-6H3,(H,25,26)/t18-,20+/m1/s1. The molecule has 158 valence electrons. The third-order valence-corrected chi connectivity index (χ3v) is 4.91. The molecule has 0 aliphatic rings. The van der Waals surface area contributed by atoms with E-state index in [4.69, 9.17) is 14.2 Å². The molecule has 0 aliphatic carbocycles. The molecular weight excluding hydrogens is 366 g/mol. The third-order valence-electron chi connectivity index (χ3n) is 4.91. The SMILES string of the molecule is CCOc1ccc([C@@H](C)NC(=O)[C@H](CC)Oc2cccc(C)c2C)cc1OCC. The Morgan fingerprint density at radius 1 is 0.966 bits per heavy atom. The van der Waals surface area contributed by atoms with Crippen molar-refractivity contribution < 1.29 is 19.0 Å². The second-order valence-electron chi connectivity index (χ2n) is 7.02. The van der Waals surface area contributed by atoms with Gasteiger partial charge in [-0.05, 0) is 75.9 Å². The predicted molar refractivity (Wildman–Crippen MR) is 116 cm³/mol. The first kappa shape index (κ1) is 22.6. The van der Waals surface area contributed by atoms with Gasteiger partial charge in [0.25, 0.3) is 5.91 Å². The van der Waals surface area contributed by atoms with Gasteiger partial charge in [0.1, 0.15) is 5.75 Å². The minimum Gasteiger partial charge on any atom is -0.490 e. The van der Waals surface area contributed by atoms with Crippen LogP contribution in [0.2, 0.25) is 0 Å². The molecule has 1 amide bonds. The van der Waals surface area contributed by atoms with E-state index in [2.05, 4.69) is 5.32 Å². The lowest BCUT2D eigenvalue weighted by Gasteiger charge is -2.22. The molecule has 0 bridgehead atoms. The van der Waals surface area contributed by atoms with Crippen molar-refractivity contribution in [2.45, 2.75) is 60.1 Å². The molecule has 1 N–H and O–H groups in total. The molecule has 0 saturated carbocycles. The molecule has 2 rings (SSSR count). The van der Waals surface area contributed by atoms with Crippen molar-refractivity contribution >= 4 is 5.91 Å². The first-order chi connectivity index (χ1) is 13.9. The maximum absolute atomic E-state index is 12.8. The number of rotatable bonds is 10. The van der Waals surface area contributed by atoms with E-state index < -0.39 is 6.10 Å². The predicted octanol–water partition coefficient (Wildman–Crippen LogP) is 5.14. The number of benzene rings is 2. The van der Waals surface area contributed by atoms with Gasteiger partial charge in [0.05, 0.1) is 19.3 Å². The van der Waals surface area contributed by atoms with Crippen molar-refractivity contribution in [1.29, 1.82) is 0 Å². The quantitative estimate of drug-likeness (QED) is 0.601. The van der Waals surface area contributed by atoms with E-state index in [0.717, 1.165) is 22.4 Å². The number of carbonyl (C=O) groups excluding carboxylic acids is 1. The molecule has 0 radical (unpaired) electrons. The van der Waals surface area contributed by atoms with Crippen molar-refractivity contribution in [2.75, 3.05) is 13.2 Å². The summed E-state index contributed by atoms with van der Waals surface area (Å²) in [6.45, 7) is 12.9. The first-order valence-electron chi connectivity index (χ1n) is 10.3. The van der Waals surface area contributed by atoms with E-state index in [0.29, 0.717) is 31.1 Å². The summed E-state index contributed by atoms with van der Waals surface area (Å²) < 4.78 is 17.3. The molecule has 0 unspecified atom stereocenters. The van der Waals surface area contributed by atoms with E-state index in [1.165, 1.54) is 0 Å². The van der Waals surface area contributed by atoms with E-state index in [1.807, 2.05) is 77.9 Å². The van der Waals surface area contributed by atoms with Gasteiger partial charge in [-0.3, -0.25) is 4.79 Å². The van der Waals surface area contributed by atoms with E-state index in [-0.39, 0.29) is 11.9 Å². The second-order valence-corrected chi connectivity index (χ2v) is 7.02. The summed E-state index contributed by atoms with van der Waals surface area (Å²) in [5.41, 5.74) is 3.15. The van der Waals surface area contributed by atoms with Gasteiger partial charge in [-0.2, -0.15) is 0 Å². The summed E-state index contributed by atoms with van der Waals surface area (Å²) in [6.07, 6.45) is 0.0337. The van der Waals surface area contributed by atoms with Crippen molar-refractivity contribution in [3.63, 3.8) is 0 Å². The summed E-state index contributed by atoms with van der Waals surface area (Å²) in [5, 5.41) is 3.06. The highest BCUT2D eigenvalue weighted by Gasteiger charge is 2.22. The van der Waals surface area contributed by atoms with Gasteiger partial charge >= 0.3 is 0 Å². The van der Waals surface area contributed by atoms with Gasteiger partial charge in [0, 0.05) is 0 Å². The minimum atomic E-state index is -0.549. The highest BCUT2D eigenvalue weighted by atomic mass is 16.5. The van der Waals surface area contributed by atoms with Gasteiger partial charge in [0.15, 0.2) is 17.6 Å². The minimum absolute atomic E-state index is 0.132. The van der Waals surface area contributed by atoms with Crippen LogP contribution in [-0.4, -0.2) is 25.2 Å². The number of ether oxygens (including phenoxy) is 3. The number of hydrogen-bond acceptors (Lipinski definition) is 4. The molecule has 2 atom stereocenters. The van der Waals surface area contributed by atoms with Gasteiger partial charge < -0.3 is 19.5 Å². The topological polar surface area (TPSA) is 56.8 Å². The third kappa shape index (κ3) is 5.89. The van der Waals surface area contributed by atoms with Crippen LogP contribution in [0.1, 0.15) is 56.8 Å². The Morgan fingerprint density at radius 2 is 1.66 bits per heavy atom. The number of amides is 1. The molecule has 5 nitrogen and oxygen atoms in total. The fourth-order valence-corrected chi connectivity index (χ4v) is 3.05. The Morgan fingerprint density at radius 3 is 2.31 bits per heavy atom. The normalized spacial score (nSPS) is 12.8. The van der Waals surface area contributed by atoms with Crippen molar-refractivity contribution in [1.82, 2.24) is 5.32 Å². The highest BCUT2D eigenvalue weighted by molar-refractivity contribution is 5.81. The molecule has 5 heteroatoms. The lowest BCUT2D eigenvalue weighted by Crippen LogP contribution is -2.39. The number of nitrogens with one attached hydrogen (secondary N) is 1. The van der Waals surface area contributed by atoms with E-state index in [1.54, 1.807) is 0 Å². The van der Waals surface area contributed by atoms with Gasteiger partial charge in [-0.25, -0.2) is 0 Å². The number of carbonyl (C=O) groups is 1. The van der Waals surface area contributed by atoms with Crippen molar-refractivity contribution in [3.05, 3.63) is 53.1 Å². The Labute approximate surface area is 174 Å². The smallest absolute Gasteiger partial charge is 0.261 e. The van der Waals surface area contributed by atoms with Crippen molar-refractivity contribution in [2.24, 2.45) is 0 Å². The molecule has 0 saturated heterocycles. The molecule has 0 heterocycles. The lowest BCUT2D eigenvalue weighted by atomic mass is 10.1. The zero-order valence-electron chi connectivity index (χ0n) is 18.4. The Kier molecular flexibility index (Phi) is 8.37. The molecular formula is C24H33NO4. The largest absolute Gasteiger partial charge is 0.490 e. The molecule has 0 aromatic heterocycles. The summed E-state index contributed by atoms with van der Waals surface area (Å²) >= 11 is 0. The molecule has 0 spiro atoms. The fourth-order valence-electron chi connectivity index (χ4n) is 3.05. The summed E-state index contributed by atoms with van der Waals surface area (Å²) in [7, 11) is 0.